The van der Waals surface area contributed by atoms with Crippen molar-refractivity contribution in [3.05, 3.63) is 59.0 Å². The van der Waals surface area contributed by atoms with E-state index in [4.69, 9.17) is 16.3 Å². The smallest absolute Gasteiger partial charge is 0.255 e. The van der Waals surface area contributed by atoms with Crippen LogP contribution in [0.5, 0.6) is 5.88 Å². The van der Waals surface area contributed by atoms with Crippen molar-refractivity contribution in [2.75, 3.05) is 26.2 Å². The predicted molar refractivity (Wildman–Crippen MR) is 98.1 cm³/mol. The van der Waals surface area contributed by atoms with E-state index in [2.05, 4.69) is 10.3 Å². The van der Waals surface area contributed by atoms with Crippen LogP contribution in [0.1, 0.15) is 23.2 Å². The van der Waals surface area contributed by atoms with E-state index in [1.807, 2.05) is 17.0 Å². The lowest BCUT2D eigenvalue weighted by Gasteiger charge is -2.32. The van der Waals surface area contributed by atoms with E-state index in [1.165, 1.54) is 18.3 Å². The number of carbonyl (C=O) groups is 1. The Morgan fingerprint density at radius 2 is 2.04 bits per heavy atom. The van der Waals surface area contributed by atoms with Crippen LogP contribution >= 0.6 is 11.6 Å². The summed E-state index contributed by atoms with van der Waals surface area (Å²) in [5, 5.41) is 3.87. The maximum Gasteiger partial charge on any atom is 0.255 e. The van der Waals surface area contributed by atoms with E-state index in [-0.39, 0.29) is 11.8 Å². The number of nitrogens with zero attached hydrogens (tertiary/aromatic N) is 2. The third-order valence-corrected chi connectivity index (χ3v) is 4.71. The van der Waals surface area contributed by atoms with Gasteiger partial charge < -0.3 is 15.0 Å². The Bertz CT molecular complexity index is 751. The molecule has 1 amide bonds. The van der Waals surface area contributed by atoms with E-state index in [9.17, 15) is 9.18 Å². The van der Waals surface area contributed by atoms with Crippen molar-refractivity contribution in [2.24, 2.45) is 0 Å². The number of likely N-dealkylation sites (tertiary alicyclic amines) is 1. The number of benzene rings is 1. The zero-order valence-electron chi connectivity index (χ0n) is 14.3. The second-order valence-electron chi connectivity index (χ2n) is 6.14. The zero-order valence-corrected chi connectivity index (χ0v) is 15.1. The van der Waals surface area contributed by atoms with E-state index < -0.39 is 5.82 Å². The van der Waals surface area contributed by atoms with Crippen molar-refractivity contribution in [2.45, 2.75) is 18.9 Å². The lowest BCUT2D eigenvalue weighted by atomic mass is 10.0. The maximum atomic E-state index is 13.4. The number of ether oxygens (including phenoxy) is 1. The van der Waals surface area contributed by atoms with Gasteiger partial charge in [-0.15, -0.1) is 0 Å². The quantitative estimate of drug-likeness (QED) is 0.786. The van der Waals surface area contributed by atoms with Gasteiger partial charge in [-0.3, -0.25) is 4.79 Å². The number of amides is 1. The van der Waals surface area contributed by atoms with Crippen molar-refractivity contribution < 1.29 is 13.9 Å². The van der Waals surface area contributed by atoms with Crippen LogP contribution < -0.4 is 10.1 Å². The van der Waals surface area contributed by atoms with Crippen LogP contribution in [0.25, 0.3) is 0 Å². The highest BCUT2D eigenvalue weighted by Gasteiger charge is 2.24. The summed E-state index contributed by atoms with van der Waals surface area (Å²) in [7, 11) is 0. The third kappa shape index (κ3) is 4.71. The third-order valence-electron chi connectivity index (χ3n) is 4.39. The fourth-order valence-electron chi connectivity index (χ4n) is 2.98. The lowest BCUT2D eigenvalue weighted by Crippen LogP contribution is -2.45. The summed E-state index contributed by atoms with van der Waals surface area (Å²) in [5.74, 6) is -0.462. The topological polar surface area (TPSA) is 54.5 Å². The monoisotopic (exact) mass is 377 g/mol. The molecule has 0 bridgehead atoms. The highest BCUT2D eigenvalue weighted by molar-refractivity contribution is 6.33. The van der Waals surface area contributed by atoms with Gasteiger partial charge in [0.05, 0.1) is 10.6 Å². The molecule has 0 saturated carbocycles. The number of piperidine rings is 1. The van der Waals surface area contributed by atoms with Gasteiger partial charge in [0.25, 0.3) is 5.91 Å². The van der Waals surface area contributed by atoms with Crippen LogP contribution in [0, 0.1) is 5.82 Å². The van der Waals surface area contributed by atoms with E-state index in [0.717, 1.165) is 12.8 Å². The number of nitrogens with one attached hydrogen (secondary N) is 1. The molecule has 3 rings (SSSR count). The average molecular weight is 378 g/mol. The molecule has 0 atom stereocenters. The first kappa shape index (κ1) is 18.6. The molecule has 2 aromatic rings. The van der Waals surface area contributed by atoms with Gasteiger partial charge in [0.2, 0.25) is 5.88 Å². The van der Waals surface area contributed by atoms with Crippen LogP contribution in [0.4, 0.5) is 4.39 Å². The predicted octanol–water partition coefficient (Wildman–Crippen LogP) is 3.15. The zero-order chi connectivity index (χ0) is 18.4. The SMILES string of the molecule is O=C(c1ccccc1Cl)N1CCC(NCCOc2ncccc2F)CC1. The van der Waals surface area contributed by atoms with Crippen molar-refractivity contribution >= 4 is 17.5 Å². The lowest BCUT2D eigenvalue weighted by molar-refractivity contribution is 0.0704. The van der Waals surface area contributed by atoms with Crippen molar-refractivity contribution in [1.82, 2.24) is 15.2 Å². The number of aromatic nitrogens is 1. The molecule has 26 heavy (non-hydrogen) atoms. The molecule has 1 fully saturated rings. The molecule has 138 valence electrons. The maximum absolute atomic E-state index is 13.4. The summed E-state index contributed by atoms with van der Waals surface area (Å²) >= 11 is 6.11. The molecule has 1 aromatic heterocycles. The molecule has 0 radical (unpaired) electrons. The van der Waals surface area contributed by atoms with E-state index in [0.29, 0.717) is 42.9 Å². The second-order valence-corrected chi connectivity index (χ2v) is 6.55. The van der Waals surface area contributed by atoms with Gasteiger partial charge in [0.1, 0.15) is 6.61 Å². The molecule has 1 aliphatic rings. The van der Waals surface area contributed by atoms with Crippen LogP contribution in [0.2, 0.25) is 5.02 Å². The fraction of sp³-hybridized carbons (Fsp3) is 0.368. The highest BCUT2D eigenvalue weighted by Crippen LogP contribution is 2.20. The summed E-state index contributed by atoms with van der Waals surface area (Å²) < 4.78 is 18.7. The first-order valence-corrected chi connectivity index (χ1v) is 9.03. The standard InChI is InChI=1S/C19H21ClFN3O2/c20-16-5-2-1-4-15(16)19(25)24-11-7-14(8-12-24)22-10-13-26-18-17(21)6-3-9-23-18/h1-6,9,14,22H,7-8,10-13H2. The number of halogens is 2. The van der Waals surface area contributed by atoms with Crippen LogP contribution in [0.3, 0.4) is 0 Å². The Balaban J connectivity index is 1.39. The molecule has 5 nitrogen and oxygen atoms in total. The average Bonchev–Trinajstić information content (AvgIpc) is 2.67. The molecule has 2 heterocycles. The molecule has 0 aliphatic carbocycles. The number of hydrogen-bond donors (Lipinski definition) is 1. The Morgan fingerprint density at radius 3 is 2.77 bits per heavy atom. The number of carbonyl (C=O) groups excluding carboxylic acids is 1. The van der Waals surface area contributed by atoms with Gasteiger partial charge in [0, 0.05) is 31.9 Å². The van der Waals surface area contributed by atoms with Gasteiger partial charge in [-0.05, 0) is 37.1 Å². The van der Waals surface area contributed by atoms with Gasteiger partial charge in [0.15, 0.2) is 5.82 Å². The molecule has 1 saturated heterocycles. The largest absolute Gasteiger partial charge is 0.474 e. The minimum absolute atomic E-state index is 0.0226. The molecule has 1 N–H and O–H groups in total. The van der Waals surface area contributed by atoms with Crippen LogP contribution in [-0.4, -0.2) is 48.1 Å². The first-order valence-electron chi connectivity index (χ1n) is 8.65. The molecule has 0 unspecified atom stereocenters. The van der Waals surface area contributed by atoms with Gasteiger partial charge in [-0.1, -0.05) is 23.7 Å². The van der Waals surface area contributed by atoms with Crippen LogP contribution in [0.15, 0.2) is 42.6 Å². The molecule has 1 aliphatic heterocycles. The number of pyridine rings is 1. The summed E-state index contributed by atoms with van der Waals surface area (Å²) in [4.78, 5) is 18.2. The molecular formula is C19H21ClFN3O2. The van der Waals surface area contributed by atoms with Crippen molar-refractivity contribution in [1.29, 1.82) is 0 Å². The second kappa shape index (κ2) is 8.96. The molecule has 1 aromatic carbocycles. The Morgan fingerprint density at radius 1 is 1.27 bits per heavy atom. The molecule has 0 spiro atoms. The van der Waals surface area contributed by atoms with E-state index in [1.54, 1.807) is 12.1 Å². The van der Waals surface area contributed by atoms with Gasteiger partial charge in [-0.2, -0.15) is 0 Å². The minimum atomic E-state index is -0.459. The summed E-state index contributed by atoms with van der Waals surface area (Å²) in [6.07, 6.45) is 3.21. The van der Waals surface area contributed by atoms with Crippen molar-refractivity contribution in [3.63, 3.8) is 0 Å². The summed E-state index contributed by atoms with van der Waals surface area (Å²) in [5.41, 5.74) is 0.548. The summed E-state index contributed by atoms with van der Waals surface area (Å²) in [6.45, 7) is 2.29. The Kier molecular flexibility index (Phi) is 6.41. The molecule has 7 heteroatoms. The Labute approximate surface area is 157 Å². The van der Waals surface area contributed by atoms with Crippen LogP contribution in [-0.2, 0) is 0 Å². The fourth-order valence-corrected chi connectivity index (χ4v) is 3.20. The van der Waals surface area contributed by atoms with Gasteiger partial charge >= 0.3 is 0 Å². The first-order chi connectivity index (χ1) is 12.6. The molecular weight excluding hydrogens is 357 g/mol. The summed E-state index contributed by atoms with van der Waals surface area (Å²) in [6, 6.07) is 10.3. The number of rotatable bonds is 6. The number of hydrogen-bond acceptors (Lipinski definition) is 4. The highest BCUT2D eigenvalue weighted by atomic mass is 35.5. The van der Waals surface area contributed by atoms with E-state index >= 15 is 0 Å². The normalized spacial score (nSPS) is 15.1. The van der Waals surface area contributed by atoms with Crippen molar-refractivity contribution in [3.8, 4) is 5.88 Å². The minimum Gasteiger partial charge on any atom is -0.474 e. The Hall–Kier alpha value is -2.18. The van der Waals surface area contributed by atoms with Gasteiger partial charge in [-0.25, -0.2) is 9.37 Å².